The molecule has 2 amide bonds. The number of hydrogen-bond donors (Lipinski definition) is 1. The Morgan fingerprint density at radius 3 is 2.59 bits per heavy atom. The molecule has 0 saturated carbocycles. The number of aliphatic imine (C=N–C) groups is 1. The van der Waals surface area contributed by atoms with Crippen LogP contribution in [-0.2, 0) is 9.59 Å². The number of nitrogens with zero attached hydrogens (tertiary/aromatic N) is 2. The molecule has 2 aromatic carbocycles. The van der Waals surface area contributed by atoms with E-state index < -0.39 is 5.25 Å². The van der Waals surface area contributed by atoms with Crippen molar-refractivity contribution in [3.05, 3.63) is 60.2 Å². The van der Waals surface area contributed by atoms with Crippen molar-refractivity contribution in [2.75, 3.05) is 26.1 Å². The van der Waals surface area contributed by atoms with Crippen molar-refractivity contribution in [1.29, 1.82) is 0 Å². The van der Waals surface area contributed by atoms with Crippen LogP contribution in [0.5, 0.6) is 11.5 Å². The second-order valence-corrected chi connectivity index (χ2v) is 8.52. The SMILES string of the molecule is C=CCN1C(=O)C(CC(=O)Nc2ccc(OC)c(OC)c2)SC1=Nc1ccc(C)cc1C. The second-order valence-electron chi connectivity index (χ2n) is 7.35. The zero-order chi connectivity index (χ0) is 23.3. The molecular weight excluding hydrogens is 426 g/mol. The predicted molar refractivity (Wildman–Crippen MR) is 129 cm³/mol. The summed E-state index contributed by atoms with van der Waals surface area (Å²) >= 11 is 1.30. The maximum Gasteiger partial charge on any atom is 0.242 e. The van der Waals surface area contributed by atoms with Crippen LogP contribution in [0.15, 0.2) is 54.0 Å². The molecule has 0 aliphatic carbocycles. The minimum atomic E-state index is -0.556. The summed E-state index contributed by atoms with van der Waals surface area (Å²) in [7, 11) is 3.08. The minimum absolute atomic E-state index is 0.0252. The van der Waals surface area contributed by atoms with Crippen molar-refractivity contribution >= 4 is 40.1 Å². The lowest BCUT2D eigenvalue weighted by Crippen LogP contribution is -2.33. The Hall–Kier alpha value is -3.26. The standard InChI is InChI=1S/C24H27N3O4S/c1-6-11-27-23(29)21(32-24(27)26-18-9-7-15(2)12-16(18)3)14-22(28)25-17-8-10-19(30-4)20(13-17)31-5/h6-10,12-13,21H,1,11,14H2,2-5H3,(H,25,28). The van der Waals surface area contributed by atoms with Gasteiger partial charge in [0.2, 0.25) is 11.8 Å². The van der Waals surface area contributed by atoms with E-state index in [9.17, 15) is 9.59 Å². The van der Waals surface area contributed by atoms with Crippen LogP contribution in [0.3, 0.4) is 0 Å². The maximum atomic E-state index is 13.0. The Morgan fingerprint density at radius 1 is 1.19 bits per heavy atom. The van der Waals surface area contributed by atoms with Crippen molar-refractivity contribution in [3.63, 3.8) is 0 Å². The quantitative estimate of drug-likeness (QED) is 0.597. The number of thioether (sulfide) groups is 1. The highest BCUT2D eigenvalue weighted by Gasteiger charge is 2.38. The number of carbonyl (C=O) groups is 2. The first-order valence-electron chi connectivity index (χ1n) is 10.1. The van der Waals surface area contributed by atoms with Gasteiger partial charge in [-0.2, -0.15) is 0 Å². The van der Waals surface area contributed by atoms with E-state index in [1.165, 1.54) is 18.9 Å². The average molecular weight is 454 g/mol. The molecular formula is C24H27N3O4S. The predicted octanol–water partition coefficient (Wildman–Crippen LogP) is 4.47. The summed E-state index contributed by atoms with van der Waals surface area (Å²) in [5.41, 5.74) is 3.54. The summed E-state index contributed by atoms with van der Waals surface area (Å²) in [6, 6.07) is 11.1. The third kappa shape index (κ3) is 5.31. The molecule has 1 atom stereocenters. The van der Waals surface area contributed by atoms with Gasteiger partial charge in [0.15, 0.2) is 16.7 Å². The average Bonchev–Trinajstić information content (AvgIpc) is 3.04. The molecule has 1 heterocycles. The number of ether oxygens (including phenoxy) is 2. The van der Waals surface area contributed by atoms with E-state index in [1.54, 1.807) is 36.3 Å². The number of benzene rings is 2. The molecule has 168 valence electrons. The molecule has 1 aliphatic heterocycles. The smallest absolute Gasteiger partial charge is 0.242 e. The lowest BCUT2D eigenvalue weighted by molar-refractivity contribution is -0.127. The van der Waals surface area contributed by atoms with Gasteiger partial charge in [-0.25, -0.2) is 4.99 Å². The monoisotopic (exact) mass is 453 g/mol. The molecule has 0 spiro atoms. The molecule has 1 aliphatic rings. The first-order chi connectivity index (χ1) is 15.4. The van der Waals surface area contributed by atoms with E-state index in [1.807, 2.05) is 32.0 Å². The van der Waals surface area contributed by atoms with E-state index in [0.717, 1.165) is 16.8 Å². The van der Waals surface area contributed by atoms with Crippen LogP contribution in [0.1, 0.15) is 17.5 Å². The van der Waals surface area contributed by atoms with E-state index in [2.05, 4.69) is 11.9 Å². The molecule has 1 saturated heterocycles. The number of rotatable bonds is 8. The Balaban J connectivity index is 1.75. The van der Waals surface area contributed by atoms with Crippen LogP contribution in [0.2, 0.25) is 0 Å². The maximum absolute atomic E-state index is 13.0. The van der Waals surface area contributed by atoms with Crippen LogP contribution in [0, 0.1) is 13.8 Å². The number of nitrogens with one attached hydrogen (secondary N) is 1. The van der Waals surface area contributed by atoms with Crippen LogP contribution >= 0.6 is 11.8 Å². The number of amidine groups is 1. The molecule has 1 unspecified atom stereocenters. The zero-order valence-electron chi connectivity index (χ0n) is 18.7. The van der Waals surface area contributed by atoms with E-state index >= 15 is 0 Å². The van der Waals surface area contributed by atoms with E-state index in [4.69, 9.17) is 14.5 Å². The van der Waals surface area contributed by atoms with Crippen LogP contribution in [-0.4, -0.2) is 47.9 Å². The first kappa shape index (κ1) is 23.4. The van der Waals surface area contributed by atoms with Gasteiger partial charge in [-0.3, -0.25) is 14.5 Å². The van der Waals surface area contributed by atoms with Crippen LogP contribution in [0.25, 0.3) is 0 Å². The number of carbonyl (C=O) groups excluding carboxylic acids is 2. The summed E-state index contributed by atoms with van der Waals surface area (Å²) in [5, 5.41) is 2.84. The molecule has 0 bridgehead atoms. The Kier molecular flexibility index (Phi) is 7.58. The molecule has 0 radical (unpaired) electrons. The summed E-state index contributed by atoms with van der Waals surface area (Å²) in [6.07, 6.45) is 1.68. The van der Waals surface area contributed by atoms with Gasteiger partial charge < -0.3 is 14.8 Å². The van der Waals surface area contributed by atoms with Crippen LogP contribution < -0.4 is 14.8 Å². The third-order valence-corrected chi connectivity index (χ3v) is 6.11. The minimum Gasteiger partial charge on any atom is -0.493 e. The van der Waals surface area contributed by atoms with Gasteiger partial charge in [-0.1, -0.05) is 35.5 Å². The van der Waals surface area contributed by atoms with Crippen molar-refractivity contribution in [2.45, 2.75) is 25.5 Å². The molecule has 7 nitrogen and oxygen atoms in total. The van der Waals surface area contributed by atoms with Crippen molar-refractivity contribution in [2.24, 2.45) is 4.99 Å². The molecule has 8 heteroatoms. The van der Waals surface area contributed by atoms with Gasteiger partial charge in [0.1, 0.15) is 5.25 Å². The largest absolute Gasteiger partial charge is 0.493 e. The van der Waals surface area contributed by atoms with E-state index in [0.29, 0.717) is 28.9 Å². The number of amides is 2. The van der Waals surface area contributed by atoms with Gasteiger partial charge in [0, 0.05) is 24.7 Å². The fraction of sp³-hybridized carbons (Fsp3) is 0.292. The topological polar surface area (TPSA) is 80.2 Å². The highest BCUT2D eigenvalue weighted by Crippen LogP contribution is 2.33. The van der Waals surface area contributed by atoms with Crippen molar-refractivity contribution in [3.8, 4) is 11.5 Å². The fourth-order valence-corrected chi connectivity index (χ4v) is 4.51. The molecule has 1 fully saturated rings. The normalized spacial score (nSPS) is 16.9. The summed E-state index contributed by atoms with van der Waals surface area (Å²) in [5.74, 6) is 0.659. The number of anilines is 1. The molecule has 0 aromatic heterocycles. The number of hydrogen-bond acceptors (Lipinski definition) is 6. The molecule has 32 heavy (non-hydrogen) atoms. The Bertz CT molecular complexity index is 1070. The summed E-state index contributed by atoms with van der Waals surface area (Å²) in [4.78, 5) is 31.9. The molecule has 3 rings (SSSR count). The van der Waals surface area contributed by atoms with Crippen molar-refractivity contribution in [1.82, 2.24) is 4.90 Å². The summed E-state index contributed by atoms with van der Waals surface area (Å²) < 4.78 is 10.5. The van der Waals surface area contributed by atoms with Gasteiger partial charge >= 0.3 is 0 Å². The van der Waals surface area contributed by atoms with Gasteiger partial charge in [-0.05, 0) is 37.6 Å². The highest BCUT2D eigenvalue weighted by molar-refractivity contribution is 8.15. The summed E-state index contributed by atoms with van der Waals surface area (Å²) in [6.45, 7) is 8.09. The highest BCUT2D eigenvalue weighted by atomic mass is 32.2. The number of aryl methyl sites for hydroxylation is 2. The van der Waals surface area contributed by atoms with Gasteiger partial charge in [0.25, 0.3) is 0 Å². The molecule has 1 N–H and O–H groups in total. The van der Waals surface area contributed by atoms with Crippen LogP contribution in [0.4, 0.5) is 11.4 Å². The van der Waals surface area contributed by atoms with Crippen molar-refractivity contribution < 1.29 is 19.1 Å². The zero-order valence-corrected chi connectivity index (χ0v) is 19.5. The van der Waals surface area contributed by atoms with Gasteiger partial charge in [0.05, 0.1) is 19.9 Å². The lowest BCUT2D eigenvalue weighted by atomic mass is 10.1. The fourth-order valence-electron chi connectivity index (χ4n) is 3.35. The van der Waals surface area contributed by atoms with Gasteiger partial charge in [-0.15, -0.1) is 6.58 Å². The lowest BCUT2D eigenvalue weighted by Gasteiger charge is -2.14. The van der Waals surface area contributed by atoms with E-state index in [-0.39, 0.29) is 18.2 Å². The Morgan fingerprint density at radius 2 is 1.94 bits per heavy atom. The Labute approximate surface area is 192 Å². The third-order valence-electron chi connectivity index (χ3n) is 4.94. The first-order valence-corrected chi connectivity index (χ1v) is 11.0. The number of methoxy groups -OCH3 is 2. The molecule has 2 aromatic rings. The second kappa shape index (κ2) is 10.4.